The van der Waals surface area contributed by atoms with Gasteiger partial charge in [-0.15, -0.1) is 0 Å². The van der Waals surface area contributed by atoms with Crippen molar-refractivity contribution in [1.82, 2.24) is 9.88 Å². The molecule has 0 amide bonds. The van der Waals surface area contributed by atoms with Crippen molar-refractivity contribution < 1.29 is 0 Å². The third-order valence-electron chi connectivity index (χ3n) is 4.27. The van der Waals surface area contributed by atoms with E-state index in [0.29, 0.717) is 5.41 Å². The van der Waals surface area contributed by atoms with Crippen molar-refractivity contribution in [2.75, 3.05) is 6.54 Å². The van der Waals surface area contributed by atoms with Gasteiger partial charge in [-0.2, -0.15) is 0 Å². The van der Waals surface area contributed by atoms with Gasteiger partial charge < -0.3 is 9.88 Å². The van der Waals surface area contributed by atoms with Crippen molar-refractivity contribution in [3.63, 3.8) is 0 Å². The normalized spacial score (nSPS) is 13.0. The van der Waals surface area contributed by atoms with Crippen LogP contribution in [0.4, 0.5) is 0 Å². The molecule has 0 aliphatic heterocycles. The van der Waals surface area contributed by atoms with Gasteiger partial charge >= 0.3 is 0 Å². The molecule has 0 spiro atoms. The lowest BCUT2D eigenvalue weighted by atomic mass is 9.89. The lowest BCUT2D eigenvalue weighted by Gasteiger charge is -2.29. The van der Waals surface area contributed by atoms with E-state index in [2.05, 4.69) is 82.0 Å². The Labute approximate surface area is 129 Å². The standard InChI is InChI=1S/C19H30N2/c1-18(2,3)12-8-13-20-19(4,5)16-9-7-10-17-15(16)11-14-21(17)6/h7,9-11,14,20H,8,12-13H2,1-6H3. The van der Waals surface area contributed by atoms with Gasteiger partial charge in [-0.3, -0.25) is 0 Å². The van der Waals surface area contributed by atoms with E-state index in [0.717, 1.165) is 6.54 Å². The van der Waals surface area contributed by atoms with E-state index in [9.17, 15) is 0 Å². The number of nitrogens with one attached hydrogen (secondary N) is 1. The van der Waals surface area contributed by atoms with Gasteiger partial charge in [-0.1, -0.05) is 32.9 Å². The fourth-order valence-corrected chi connectivity index (χ4v) is 2.96. The SMILES string of the molecule is Cn1ccc2c(C(C)(C)NCCCC(C)(C)C)cccc21. The number of aryl methyl sites for hydroxylation is 1. The smallest absolute Gasteiger partial charge is 0.0481 e. The number of hydrogen-bond acceptors (Lipinski definition) is 1. The third kappa shape index (κ3) is 3.88. The maximum atomic E-state index is 3.74. The Kier molecular flexibility index (Phi) is 4.48. The topological polar surface area (TPSA) is 17.0 Å². The molecule has 0 bridgehead atoms. The largest absolute Gasteiger partial charge is 0.351 e. The summed E-state index contributed by atoms with van der Waals surface area (Å²) in [6.45, 7) is 12.6. The molecule has 2 rings (SSSR count). The van der Waals surface area contributed by atoms with Crippen LogP contribution in [0, 0.1) is 5.41 Å². The number of aromatic nitrogens is 1. The average Bonchev–Trinajstić information content (AvgIpc) is 2.76. The van der Waals surface area contributed by atoms with Crippen LogP contribution in [-0.4, -0.2) is 11.1 Å². The highest BCUT2D eigenvalue weighted by Crippen LogP contribution is 2.29. The van der Waals surface area contributed by atoms with Crippen molar-refractivity contribution in [3.8, 4) is 0 Å². The van der Waals surface area contributed by atoms with Crippen LogP contribution in [0.25, 0.3) is 10.9 Å². The van der Waals surface area contributed by atoms with E-state index >= 15 is 0 Å². The molecule has 0 unspecified atom stereocenters. The van der Waals surface area contributed by atoms with E-state index in [4.69, 9.17) is 0 Å². The molecule has 0 fully saturated rings. The molecule has 1 heterocycles. The molecule has 0 atom stereocenters. The highest BCUT2D eigenvalue weighted by molar-refractivity contribution is 5.84. The molecule has 2 heteroatoms. The second-order valence-electron chi connectivity index (χ2n) is 7.88. The zero-order chi connectivity index (χ0) is 15.7. The molecular formula is C19H30N2. The van der Waals surface area contributed by atoms with Gasteiger partial charge in [0, 0.05) is 29.7 Å². The number of rotatable bonds is 5. The summed E-state index contributed by atoms with van der Waals surface area (Å²) in [6, 6.07) is 8.83. The Morgan fingerprint density at radius 1 is 1.05 bits per heavy atom. The predicted octanol–water partition coefficient (Wildman–Crippen LogP) is 4.83. The number of fused-ring (bicyclic) bond motifs is 1. The minimum Gasteiger partial charge on any atom is -0.351 e. The molecule has 0 radical (unpaired) electrons. The maximum Gasteiger partial charge on any atom is 0.0481 e. The first kappa shape index (κ1) is 16.1. The van der Waals surface area contributed by atoms with Gasteiger partial charge in [0.25, 0.3) is 0 Å². The number of nitrogens with zero attached hydrogens (tertiary/aromatic N) is 1. The molecule has 0 aliphatic carbocycles. The molecule has 2 aromatic rings. The second kappa shape index (κ2) is 5.84. The van der Waals surface area contributed by atoms with E-state index in [-0.39, 0.29) is 5.54 Å². The lowest BCUT2D eigenvalue weighted by Crippen LogP contribution is -2.37. The highest BCUT2D eigenvalue weighted by atomic mass is 15.0. The molecule has 0 aliphatic rings. The van der Waals surface area contributed by atoms with Crippen LogP contribution in [0.2, 0.25) is 0 Å². The van der Waals surface area contributed by atoms with Crippen molar-refractivity contribution >= 4 is 10.9 Å². The first-order valence-corrected chi connectivity index (χ1v) is 8.00. The van der Waals surface area contributed by atoms with E-state index in [1.54, 1.807) is 0 Å². The Hall–Kier alpha value is -1.28. The fourth-order valence-electron chi connectivity index (χ4n) is 2.96. The second-order valence-corrected chi connectivity index (χ2v) is 7.88. The van der Waals surface area contributed by atoms with Crippen LogP contribution in [-0.2, 0) is 12.6 Å². The van der Waals surface area contributed by atoms with Crippen molar-refractivity contribution in [3.05, 3.63) is 36.0 Å². The zero-order valence-corrected chi connectivity index (χ0v) is 14.5. The summed E-state index contributed by atoms with van der Waals surface area (Å²) in [6.07, 6.45) is 4.62. The van der Waals surface area contributed by atoms with Gasteiger partial charge in [0.2, 0.25) is 0 Å². The molecule has 1 aromatic heterocycles. The van der Waals surface area contributed by atoms with Gasteiger partial charge in [0.05, 0.1) is 0 Å². The van der Waals surface area contributed by atoms with Crippen molar-refractivity contribution in [2.24, 2.45) is 12.5 Å². The summed E-state index contributed by atoms with van der Waals surface area (Å²) in [7, 11) is 2.11. The summed E-state index contributed by atoms with van der Waals surface area (Å²) in [5.41, 5.74) is 3.11. The Balaban J connectivity index is 2.11. The Morgan fingerprint density at radius 2 is 1.76 bits per heavy atom. The number of hydrogen-bond donors (Lipinski definition) is 1. The van der Waals surface area contributed by atoms with Crippen molar-refractivity contribution in [2.45, 2.75) is 53.0 Å². The number of benzene rings is 1. The minimum atomic E-state index is -0.00124. The van der Waals surface area contributed by atoms with Gasteiger partial charge in [-0.25, -0.2) is 0 Å². The predicted molar refractivity (Wildman–Crippen MR) is 92.6 cm³/mol. The van der Waals surface area contributed by atoms with Gasteiger partial charge in [-0.05, 0) is 56.3 Å². The average molecular weight is 286 g/mol. The molecule has 1 aromatic carbocycles. The van der Waals surface area contributed by atoms with Crippen LogP contribution in [0.3, 0.4) is 0 Å². The van der Waals surface area contributed by atoms with Crippen LogP contribution < -0.4 is 5.32 Å². The molecule has 1 N–H and O–H groups in total. The lowest BCUT2D eigenvalue weighted by molar-refractivity contribution is 0.336. The molecular weight excluding hydrogens is 256 g/mol. The first-order valence-electron chi connectivity index (χ1n) is 8.00. The monoisotopic (exact) mass is 286 g/mol. The Morgan fingerprint density at radius 3 is 2.43 bits per heavy atom. The van der Waals surface area contributed by atoms with Crippen molar-refractivity contribution in [1.29, 1.82) is 0 Å². The summed E-state index contributed by atoms with van der Waals surface area (Å²) >= 11 is 0. The summed E-state index contributed by atoms with van der Waals surface area (Å²) in [5, 5.41) is 5.09. The molecule has 2 nitrogen and oxygen atoms in total. The molecule has 0 saturated carbocycles. The zero-order valence-electron chi connectivity index (χ0n) is 14.5. The summed E-state index contributed by atoms with van der Waals surface area (Å²) < 4.78 is 2.19. The fraction of sp³-hybridized carbons (Fsp3) is 0.579. The van der Waals surface area contributed by atoms with E-state index in [1.807, 2.05) is 0 Å². The first-order chi connectivity index (χ1) is 9.71. The molecule has 116 valence electrons. The van der Waals surface area contributed by atoms with E-state index in [1.165, 1.54) is 29.3 Å². The summed E-state index contributed by atoms with van der Waals surface area (Å²) in [4.78, 5) is 0. The Bertz CT molecular complexity index is 600. The van der Waals surface area contributed by atoms with Crippen LogP contribution >= 0.6 is 0 Å². The quantitative estimate of drug-likeness (QED) is 0.779. The summed E-state index contributed by atoms with van der Waals surface area (Å²) in [5.74, 6) is 0. The van der Waals surface area contributed by atoms with Gasteiger partial charge in [0.15, 0.2) is 0 Å². The highest BCUT2D eigenvalue weighted by Gasteiger charge is 2.22. The van der Waals surface area contributed by atoms with Gasteiger partial charge in [0.1, 0.15) is 0 Å². The third-order valence-corrected chi connectivity index (χ3v) is 4.27. The van der Waals surface area contributed by atoms with Crippen LogP contribution in [0.15, 0.2) is 30.5 Å². The minimum absolute atomic E-state index is 0.00124. The van der Waals surface area contributed by atoms with Crippen LogP contribution in [0.1, 0.15) is 53.0 Å². The molecule has 0 saturated heterocycles. The maximum absolute atomic E-state index is 3.74. The van der Waals surface area contributed by atoms with Crippen LogP contribution in [0.5, 0.6) is 0 Å². The molecule has 21 heavy (non-hydrogen) atoms. The van der Waals surface area contributed by atoms with E-state index < -0.39 is 0 Å².